The van der Waals surface area contributed by atoms with E-state index in [1.54, 1.807) is 18.5 Å². The van der Waals surface area contributed by atoms with Gasteiger partial charge in [-0.3, -0.25) is 0 Å². The van der Waals surface area contributed by atoms with Crippen LogP contribution in [0.5, 0.6) is 5.75 Å². The van der Waals surface area contributed by atoms with Gasteiger partial charge in [-0.1, -0.05) is 37.6 Å². The van der Waals surface area contributed by atoms with Gasteiger partial charge in [-0.25, -0.2) is 9.97 Å². The number of hydrogen-bond acceptors (Lipinski definition) is 4. The maximum Gasteiger partial charge on any atom is 0.166 e. The van der Waals surface area contributed by atoms with Gasteiger partial charge in [-0.2, -0.15) is 0 Å². The number of rotatable bonds is 6. The fourth-order valence-electron chi connectivity index (χ4n) is 1.71. The van der Waals surface area contributed by atoms with Crippen LogP contribution in [0.2, 0.25) is 5.02 Å². The third-order valence-electron chi connectivity index (χ3n) is 2.71. The summed E-state index contributed by atoms with van der Waals surface area (Å²) in [5.74, 6) is 1.32. The second-order valence-electron chi connectivity index (χ2n) is 4.72. The molecule has 1 N–H and O–H groups in total. The molecule has 1 heterocycles. The fourth-order valence-corrected chi connectivity index (χ4v) is 1.96. The Labute approximate surface area is 124 Å². The lowest BCUT2D eigenvalue weighted by Gasteiger charge is -2.14. The van der Waals surface area contributed by atoms with Crippen LogP contribution in [-0.2, 0) is 13.2 Å². The summed E-state index contributed by atoms with van der Waals surface area (Å²) in [7, 11) is 0. The molecule has 0 atom stereocenters. The van der Waals surface area contributed by atoms with Crippen molar-refractivity contribution < 1.29 is 4.74 Å². The molecule has 0 saturated carbocycles. The maximum atomic E-state index is 6.22. The molecule has 0 fully saturated rings. The van der Waals surface area contributed by atoms with Crippen LogP contribution >= 0.6 is 11.6 Å². The third-order valence-corrected chi connectivity index (χ3v) is 3.01. The zero-order valence-corrected chi connectivity index (χ0v) is 12.4. The molecular formula is C15H18ClN3O. The highest BCUT2D eigenvalue weighted by molar-refractivity contribution is 6.32. The highest BCUT2D eigenvalue weighted by Gasteiger charge is 2.09. The van der Waals surface area contributed by atoms with Gasteiger partial charge in [0.15, 0.2) is 5.82 Å². The molecule has 0 bridgehead atoms. The van der Waals surface area contributed by atoms with Gasteiger partial charge in [-0.05, 0) is 12.1 Å². The van der Waals surface area contributed by atoms with Crippen LogP contribution in [-0.4, -0.2) is 16.0 Å². The summed E-state index contributed by atoms with van der Waals surface area (Å²) in [5.41, 5.74) is 1.03. The van der Waals surface area contributed by atoms with E-state index in [9.17, 15) is 0 Å². The van der Waals surface area contributed by atoms with Gasteiger partial charge in [-0.15, -0.1) is 0 Å². The second kappa shape index (κ2) is 7.22. The van der Waals surface area contributed by atoms with Crippen molar-refractivity contribution in [3.05, 3.63) is 53.1 Å². The van der Waals surface area contributed by atoms with Gasteiger partial charge in [0.25, 0.3) is 0 Å². The molecule has 4 nitrogen and oxygen atoms in total. The van der Waals surface area contributed by atoms with E-state index in [4.69, 9.17) is 16.3 Å². The summed E-state index contributed by atoms with van der Waals surface area (Å²) in [5, 5.41) is 3.96. The summed E-state index contributed by atoms with van der Waals surface area (Å²) in [4.78, 5) is 8.27. The number of benzene rings is 1. The van der Waals surface area contributed by atoms with E-state index in [-0.39, 0.29) is 0 Å². The van der Waals surface area contributed by atoms with Crippen LogP contribution in [0.25, 0.3) is 0 Å². The lowest BCUT2D eigenvalue weighted by atomic mass is 10.2. The van der Waals surface area contributed by atoms with Gasteiger partial charge in [0.1, 0.15) is 12.4 Å². The molecule has 0 aliphatic heterocycles. The molecule has 5 heteroatoms. The van der Waals surface area contributed by atoms with Crippen molar-refractivity contribution in [2.24, 2.45) is 0 Å². The number of nitrogens with zero attached hydrogens (tertiary/aromatic N) is 2. The average molecular weight is 292 g/mol. The van der Waals surface area contributed by atoms with E-state index in [0.29, 0.717) is 35.8 Å². The summed E-state index contributed by atoms with van der Waals surface area (Å²) >= 11 is 6.22. The Kier molecular flexibility index (Phi) is 5.32. The Morgan fingerprint density at radius 3 is 2.65 bits per heavy atom. The van der Waals surface area contributed by atoms with Crippen LogP contribution in [0.3, 0.4) is 0 Å². The van der Waals surface area contributed by atoms with Crippen LogP contribution in [0.15, 0.2) is 36.7 Å². The predicted molar refractivity (Wildman–Crippen MR) is 79.8 cm³/mol. The second-order valence-corrected chi connectivity index (χ2v) is 5.12. The molecule has 0 spiro atoms. The van der Waals surface area contributed by atoms with Crippen LogP contribution < -0.4 is 10.1 Å². The number of halogens is 1. The molecule has 2 aromatic rings. The number of ether oxygens (including phenoxy) is 1. The van der Waals surface area contributed by atoms with Crippen molar-refractivity contribution in [2.75, 3.05) is 0 Å². The van der Waals surface area contributed by atoms with Crippen molar-refractivity contribution in [3.8, 4) is 5.75 Å². The largest absolute Gasteiger partial charge is 0.484 e. The summed E-state index contributed by atoms with van der Waals surface area (Å²) in [6.07, 6.45) is 3.39. The smallest absolute Gasteiger partial charge is 0.166 e. The minimum atomic E-state index is 0.305. The number of aromatic nitrogens is 2. The normalized spacial score (nSPS) is 10.8. The van der Waals surface area contributed by atoms with Crippen molar-refractivity contribution in [2.45, 2.75) is 33.0 Å². The van der Waals surface area contributed by atoms with Crippen molar-refractivity contribution in [1.29, 1.82) is 0 Å². The van der Waals surface area contributed by atoms with E-state index in [2.05, 4.69) is 29.1 Å². The van der Waals surface area contributed by atoms with Crippen LogP contribution in [0, 0.1) is 0 Å². The first-order chi connectivity index (χ1) is 9.66. The number of hydrogen-bond donors (Lipinski definition) is 1. The van der Waals surface area contributed by atoms with Gasteiger partial charge < -0.3 is 10.1 Å². The average Bonchev–Trinajstić information content (AvgIpc) is 2.45. The molecule has 0 amide bonds. The first-order valence-corrected chi connectivity index (χ1v) is 6.94. The Balaban J connectivity index is 2.09. The maximum absolute atomic E-state index is 6.22. The van der Waals surface area contributed by atoms with Gasteiger partial charge in [0.05, 0.1) is 5.02 Å². The Morgan fingerprint density at radius 2 is 1.95 bits per heavy atom. The van der Waals surface area contributed by atoms with E-state index in [1.165, 1.54) is 0 Å². The Morgan fingerprint density at radius 1 is 1.20 bits per heavy atom. The first kappa shape index (κ1) is 14.8. The first-order valence-electron chi connectivity index (χ1n) is 6.56. The predicted octanol–water partition coefficient (Wildman–Crippen LogP) is 3.21. The molecule has 106 valence electrons. The topological polar surface area (TPSA) is 47.0 Å². The summed E-state index contributed by atoms with van der Waals surface area (Å²) in [6, 6.07) is 7.92. The van der Waals surface area contributed by atoms with Crippen LogP contribution in [0.1, 0.15) is 25.2 Å². The summed E-state index contributed by atoms with van der Waals surface area (Å²) < 4.78 is 5.79. The molecule has 20 heavy (non-hydrogen) atoms. The Hall–Kier alpha value is -1.65. The zero-order valence-electron chi connectivity index (χ0n) is 11.6. The lowest BCUT2D eigenvalue weighted by molar-refractivity contribution is 0.292. The third kappa shape index (κ3) is 4.18. The minimum Gasteiger partial charge on any atom is -0.484 e. The molecule has 0 unspecified atom stereocenters. The van der Waals surface area contributed by atoms with E-state index < -0.39 is 0 Å². The number of para-hydroxylation sites is 1. The monoisotopic (exact) mass is 291 g/mol. The molecule has 2 rings (SSSR count). The molecular weight excluding hydrogens is 274 g/mol. The molecule has 1 aromatic heterocycles. The van der Waals surface area contributed by atoms with Crippen LogP contribution in [0.4, 0.5) is 0 Å². The highest BCUT2D eigenvalue weighted by Crippen LogP contribution is 2.29. The number of nitrogens with one attached hydrogen (secondary N) is 1. The SMILES string of the molecule is CC(C)NCc1cccc(Cl)c1OCc1ncccn1. The highest BCUT2D eigenvalue weighted by atomic mass is 35.5. The molecule has 0 radical (unpaired) electrons. The molecule has 1 aromatic carbocycles. The molecule has 0 aliphatic carbocycles. The quantitative estimate of drug-likeness (QED) is 0.888. The van der Waals surface area contributed by atoms with Crippen molar-refractivity contribution >= 4 is 11.6 Å². The van der Waals surface area contributed by atoms with E-state index in [0.717, 1.165) is 5.56 Å². The van der Waals surface area contributed by atoms with Crippen molar-refractivity contribution in [3.63, 3.8) is 0 Å². The summed E-state index contributed by atoms with van der Waals surface area (Å²) in [6.45, 7) is 5.22. The molecule has 0 saturated heterocycles. The fraction of sp³-hybridized carbons (Fsp3) is 0.333. The molecule has 0 aliphatic rings. The van der Waals surface area contributed by atoms with E-state index >= 15 is 0 Å². The van der Waals surface area contributed by atoms with Gasteiger partial charge in [0, 0.05) is 30.5 Å². The zero-order chi connectivity index (χ0) is 14.4. The van der Waals surface area contributed by atoms with E-state index in [1.807, 2.05) is 18.2 Å². The Bertz CT molecular complexity index is 546. The standard InChI is InChI=1S/C15H18ClN3O/c1-11(2)19-9-12-5-3-6-13(16)15(12)20-10-14-17-7-4-8-18-14/h3-8,11,19H,9-10H2,1-2H3. The van der Waals surface area contributed by atoms with Gasteiger partial charge >= 0.3 is 0 Å². The minimum absolute atomic E-state index is 0.305. The lowest BCUT2D eigenvalue weighted by Crippen LogP contribution is -2.22. The van der Waals surface area contributed by atoms with Gasteiger partial charge in [0.2, 0.25) is 0 Å². The van der Waals surface area contributed by atoms with Crippen molar-refractivity contribution in [1.82, 2.24) is 15.3 Å².